The Balaban J connectivity index is 1.43. The van der Waals surface area contributed by atoms with E-state index in [0.29, 0.717) is 18.7 Å². The number of rotatable bonds is 6. The number of aryl methyl sites for hydroxylation is 2. The summed E-state index contributed by atoms with van der Waals surface area (Å²) < 4.78 is 12.9. The first-order valence-electron chi connectivity index (χ1n) is 9.27. The molecular weight excluding hydrogens is 340 g/mol. The summed E-state index contributed by atoms with van der Waals surface area (Å²) in [5, 5.41) is 4.38. The molecule has 1 N–H and O–H groups in total. The van der Waals surface area contributed by atoms with Crippen LogP contribution in [0.3, 0.4) is 0 Å². The van der Waals surface area contributed by atoms with Gasteiger partial charge < -0.3 is 19.4 Å². The van der Waals surface area contributed by atoms with Crippen LogP contribution < -0.4 is 14.8 Å². The average Bonchev–Trinajstić information content (AvgIpc) is 3.29. The zero-order chi connectivity index (χ0) is 18.8. The van der Waals surface area contributed by atoms with E-state index in [-0.39, 0.29) is 11.9 Å². The highest BCUT2D eigenvalue weighted by Crippen LogP contribution is 2.39. The molecule has 0 spiro atoms. The molecule has 1 atom stereocenters. The molecule has 1 amide bonds. The lowest BCUT2D eigenvalue weighted by molar-refractivity contribution is -0.122. The molecule has 1 aliphatic rings. The first-order valence-corrected chi connectivity index (χ1v) is 9.27. The van der Waals surface area contributed by atoms with Gasteiger partial charge in [-0.1, -0.05) is 18.2 Å². The lowest BCUT2D eigenvalue weighted by atomic mass is 10.1. The van der Waals surface area contributed by atoms with Gasteiger partial charge in [-0.2, -0.15) is 0 Å². The van der Waals surface area contributed by atoms with Crippen LogP contribution in [0.2, 0.25) is 0 Å². The fourth-order valence-corrected chi connectivity index (χ4v) is 3.91. The molecule has 0 bridgehead atoms. The first kappa shape index (κ1) is 17.5. The van der Waals surface area contributed by atoms with E-state index < -0.39 is 0 Å². The summed E-state index contributed by atoms with van der Waals surface area (Å²) in [6.07, 6.45) is 4.34. The number of para-hydroxylation sites is 1. The van der Waals surface area contributed by atoms with Crippen molar-refractivity contribution < 1.29 is 14.3 Å². The number of fused-ring (bicyclic) bond motifs is 2. The predicted molar refractivity (Wildman–Crippen MR) is 105 cm³/mol. The number of amides is 1. The van der Waals surface area contributed by atoms with Gasteiger partial charge in [-0.3, -0.25) is 4.79 Å². The van der Waals surface area contributed by atoms with E-state index in [1.165, 1.54) is 10.9 Å². The molecular formula is C22H24N2O3. The number of nitrogens with one attached hydrogen (secondary N) is 1. The third-order valence-electron chi connectivity index (χ3n) is 5.32. The Bertz CT molecular complexity index is 977. The van der Waals surface area contributed by atoms with E-state index >= 15 is 0 Å². The SMILES string of the molecule is COc1cc2c(cc1OC)[C@@H](NC(=O)CCn1ccc3ccccc31)CC2. The van der Waals surface area contributed by atoms with Gasteiger partial charge in [0.2, 0.25) is 5.91 Å². The summed E-state index contributed by atoms with van der Waals surface area (Å²) >= 11 is 0. The highest BCUT2D eigenvalue weighted by Gasteiger charge is 2.26. The van der Waals surface area contributed by atoms with E-state index in [9.17, 15) is 4.79 Å². The van der Waals surface area contributed by atoms with Crippen LogP contribution in [-0.2, 0) is 17.8 Å². The van der Waals surface area contributed by atoms with Crippen molar-refractivity contribution in [3.05, 3.63) is 59.8 Å². The third-order valence-corrected chi connectivity index (χ3v) is 5.32. The molecule has 140 valence electrons. The number of methoxy groups -OCH3 is 2. The first-order chi connectivity index (χ1) is 13.2. The molecule has 1 aromatic heterocycles. The van der Waals surface area contributed by atoms with Crippen molar-refractivity contribution in [2.75, 3.05) is 14.2 Å². The molecule has 5 heteroatoms. The summed E-state index contributed by atoms with van der Waals surface area (Å²) in [4.78, 5) is 12.5. The molecule has 1 aliphatic carbocycles. The molecule has 2 aromatic carbocycles. The average molecular weight is 364 g/mol. The van der Waals surface area contributed by atoms with Crippen molar-refractivity contribution in [1.82, 2.24) is 9.88 Å². The van der Waals surface area contributed by atoms with Gasteiger partial charge in [-0.05, 0) is 53.6 Å². The van der Waals surface area contributed by atoms with Crippen LogP contribution in [0, 0.1) is 0 Å². The maximum atomic E-state index is 12.5. The van der Waals surface area contributed by atoms with Gasteiger partial charge in [0.25, 0.3) is 0 Å². The van der Waals surface area contributed by atoms with Gasteiger partial charge in [-0.15, -0.1) is 0 Å². The topological polar surface area (TPSA) is 52.5 Å². The van der Waals surface area contributed by atoms with Crippen molar-refractivity contribution in [3.63, 3.8) is 0 Å². The van der Waals surface area contributed by atoms with Crippen molar-refractivity contribution in [2.45, 2.75) is 31.8 Å². The molecule has 0 fully saturated rings. The second-order valence-corrected chi connectivity index (χ2v) is 6.88. The number of benzene rings is 2. The fourth-order valence-electron chi connectivity index (χ4n) is 3.91. The van der Waals surface area contributed by atoms with Crippen molar-refractivity contribution >= 4 is 16.8 Å². The Labute approximate surface area is 158 Å². The number of hydrogen-bond donors (Lipinski definition) is 1. The number of hydrogen-bond acceptors (Lipinski definition) is 3. The normalized spacial score (nSPS) is 15.6. The number of carbonyl (C=O) groups is 1. The van der Waals surface area contributed by atoms with Crippen LogP contribution >= 0.6 is 0 Å². The standard InChI is InChI=1S/C22H24N2O3/c1-26-20-13-16-7-8-18(17(16)14-21(20)27-2)23-22(25)10-12-24-11-9-15-5-3-4-6-19(15)24/h3-6,9,11,13-14,18H,7-8,10,12H2,1-2H3,(H,23,25)/t18-/m0/s1. The molecule has 27 heavy (non-hydrogen) atoms. The molecule has 0 unspecified atom stereocenters. The minimum atomic E-state index is 0.0358. The molecule has 1 heterocycles. The van der Waals surface area contributed by atoms with Crippen molar-refractivity contribution in [3.8, 4) is 11.5 Å². The maximum Gasteiger partial charge on any atom is 0.222 e. The number of ether oxygens (including phenoxy) is 2. The summed E-state index contributed by atoms with van der Waals surface area (Å²) in [5.41, 5.74) is 3.51. The van der Waals surface area contributed by atoms with E-state index in [1.807, 2.05) is 30.5 Å². The highest BCUT2D eigenvalue weighted by atomic mass is 16.5. The minimum absolute atomic E-state index is 0.0358. The van der Waals surface area contributed by atoms with E-state index in [1.54, 1.807) is 14.2 Å². The fraction of sp³-hybridized carbons (Fsp3) is 0.318. The molecule has 0 saturated heterocycles. The minimum Gasteiger partial charge on any atom is -0.493 e. The smallest absolute Gasteiger partial charge is 0.222 e. The lowest BCUT2D eigenvalue weighted by Gasteiger charge is -2.16. The molecule has 0 aliphatic heterocycles. The Morgan fingerprint density at radius 3 is 2.74 bits per heavy atom. The molecule has 0 saturated carbocycles. The third kappa shape index (κ3) is 3.37. The largest absolute Gasteiger partial charge is 0.493 e. The summed E-state index contributed by atoms with van der Waals surface area (Å²) in [6.45, 7) is 0.671. The van der Waals surface area contributed by atoms with E-state index in [2.05, 4.69) is 28.1 Å². The van der Waals surface area contributed by atoms with E-state index in [4.69, 9.17) is 9.47 Å². The van der Waals surface area contributed by atoms with Gasteiger partial charge in [0, 0.05) is 24.7 Å². The Hall–Kier alpha value is -2.95. The van der Waals surface area contributed by atoms with Crippen LogP contribution in [0.15, 0.2) is 48.7 Å². The quantitative estimate of drug-likeness (QED) is 0.723. The van der Waals surface area contributed by atoms with Crippen LogP contribution in [0.25, 0.3) is 10.9 Å². The maximum absolute atomic E-state index is 12.5. The zero-order valence-electron chi connectivity index (χ0n) is 15.7. The number of nitrogens with zero attached hydrogens (tertiary/aromatic N) is 1. The molecule has 3 aromatic rings. The highest BCUT2D eigenvalue weighted by molar-refractivity contribution is 5.80. The van der Waals surface area contributed by atoms with Gasteiger partial charge in [0.15, 0.2) is 11.5 Å². The second-order valence-electron chi connectivity index (χ2n) is 6.88. The second kappa shape index (κ2) is 7.35. The van der Waals surface area contributed by atoms with Crippen LogP contribution in [0.1, 0.15) is 30.0 Å². The Kier molecular flexibility index (Phi) is 4.75. The molecule has 0 radical (unpaired) electrons. The van der Waals surface area contributed by atoms with Crippen LogP contribution in [0.5, 0.6) is 11.5 Å². The summed E-state index contributed by atoms with van der Waals surface area (Å²) in [6, 6.07) is 14.4. The monoisotopic (exact) mass is 364 g/mol. The van der Waals surface area contributed by atoms with Crippen LogP contribution in [-0.4, -0.2) is 24.7 Å². The number of aromatic nitrogens is 1. The van der Waals surface area contributed by atoms with Crippen molar-refractivity contribution in [1.29, 1.82) is 0 Å². The lowest BCUT2D eigenvalue weighted by Crippen LogP contribution is -2.27. The van der Waals surface area contributed by atoms with Gasteiger partial charge in [0.05, 0.1) is 20.3 Å². The zero-order valence-corrected chi connectivity index (χ0v) is 15.7. The predicted octanol–water partition coefficient (Wildman–Crippen LogP) is 3.85. The summed E-state index contributed by atoms with van der Waals surface area (Å²) in [7, 11) is 3.28. The Morgan fingerprint density at radius 2 is 1.93 bits per heavy atom. The van der Waals surface area contributed by atoms with Gasteiger partial charge in [0.1, 0.15) is 0 Å². The number of carbonyl (C=O) groups excluding carboxylic acids is 1. The Morgan fingerprint density at radius 1 is 1.15 bits per heavy atom. The van der Waals surface area contributed by atoms with Gasteiger partial charge >= 0.3 is 0 Å². The van der Waals surface area contributed by atoms with E-state index in [0.717, 1.165) is 29.7 Å². The summed E-state index contributed by atoms with van der Waals surface area (Å²) in [5.74, 6) is 1.51. The van der Waals surface area contributed by atoms with Gasteiger partial charge in [-0.25, -0.2) is 0 Å². The van der Waals surface area contributed by atoms with Crippen LogP contribution in [0.4, 0.5) is 0 Å². The molecule has 5 nitrogen and oxygen atoms in total. The molecule has 4 rings (SSSR count). The van der Waals surface area contributed by atoms with Crippen molar-refractivity contribution in [2.24, 2.45) is 0 Å².